The number of aryl methyl sites for hydroxylation is 1. The zero-order valence-electron chi connectivity index (χ0n) is 24.0. The van der Waals surface area contributed by atoms with E-state index in [1.165, 1.54) is 4.90 Å². The molecule has 1 aliphatic heterocycles. The lowest BCUT2D eigenvalue weighted by molar-refractivity contribution is 0.136. The zero-order chi connectivity index (χ0) is 29.9. The van der Waals surface area contributed by atoms with Crippen LogP contribution in [0.2, 0.25) is 0 Å². The van der Waals surface area contributed by atoms with Gasteiger partial charge in [-0.2, -0.15) is 4.98 Å². The molecule has 0 aliphatic carbocycles. The first kappa shape index (κ1) is 27.8. The fourth-order valence-corrected chi connectivity index (χ4v) is 5.42. The Hall–Kier alpha value is -5.31. The number of fused-ring (bicyclic) bond motifs is 1. The first-order valence-electron chi connectivity index (χ1n) is 14.2. The molecule has 1 N–H and O–H groups in total. The van der Waals surface area contributed by atoms with Crippen molar-refractivity contribution in [3.8, 4) is 17.4 Å². The molecule has 0 fully saturated rings. The monoisotopic (exact) mass is 576 g/mol. The van der Waals surface area contributed by atoms with Crippen molar-refractivity contribution in [3.05, 3.63) is 124 Å². The lowest BCUT2D eigenvalue weighted by atomic mass is 9.96. The fraction of sp³-hybridized carbons (Fsp3) is 0.206. The molecule has 6 rings (SSSR count). The molecule has 9 heteroatoms. The maximum atomic E-state index is 13.7. The number of benzene rings is 3. The van der Waals surface area contributed by atoms with Gasteiger partial charge < -0.3 is 19.5 Å². The second-order valence-electron chi connectivity index (χ2n) is 10.6. The Morgan fingerprint density at radius 1 is 0.907 bits per heavy atom. The number of rotatable bonds is 8. The Kier molecular flexibility index (Phi) is 7.70. The molecule has 0 unspecified atom stereocenters. The molecule has 0 bridgehead atoms. The number of imidazole rings is 1. The van der Waals surface area contributed by atoms with Crippen molar-refractivity contribution in [1.82, 2.24) is 19.0 Å². The summed E-state index contributed by atoms with van der Waals surface area (Å²) in [5.74, 6) is 0.672. The highest BCUT2D eigenvalue weighted by Crippen LogP contribution is 2.31. The van der Waals surface area contributed by atoms with E-state index in [4.69, 9.17) is 9.47 Å². The Balaban J connectivity index is 1.37. The van der Waals surface area contributed by atoms with E-state index in [-0.39, 0.29) is 24.2 Å². The van der Waals surface area contributed by atoms with Crippen molar-refractivity contribution >= 4 is 22.7 Å². The number of carboxylic acid groups (broad SMARTS) is 1. The van der Waals surface area contributed by atoms with Crippen LogP contribution in [0, 0.1) is 0 Å². The molecule has 0 saturated carbocycles. The van der Waals surface area contributed by atoms with Gasteiger partial charge in [0.1, 0.15) is 18.9 Å². The minimum absolute atomic E-state index is 0.233. The zero-order valence-corrected chi connectivity index (χ0v) is 24.0. The minimum atomic E-state index is -0.923. The molecule has 0 radical (unpaired) electrons. The molecular weight excluding hydrogens is 544 g/mol. The van der Waals surface area contributed by atoms with Gasteiger partial charge in [0, 0.05) is 19.7 Å². The molecule has 1 atom stereocenters. The maximum absolute atomic E-state index is 13.7. The topological polar surface area (TPSA) is 98.8 Å². The van der Waals surface area contributed by atoms with Crippen molar-refractivity contribution in [3.63, 3.8) is 0 Å². The van der Waals surface area contributed by atoms with Gasteiger partial charge >= 0.3 is 11.8 Å². The molecule has 218 valence electrons. The SMILES string of the molecule is C[C@@H]1C=C(c2ccc3c(c2)n(C)c(=O)n3-c2ccc(OCc3ccccc3)nc2OCc2ccccc2)CCN1C(=O)O. The number of nitrogens with zero attached hydrogens (tertiary/aromatic N) is 4. The third-order valence-corrected chi connectivity index (χ3v) is 7.73. The third kappa shape index (κ3) is 5.74. The standard InChI is InChI=1S/C34H32N4O5/c1-23-19-27(17-18-37(23)34(40)41)26-13-14-28-30(20-26)36(2)33(39)38(28)29-15-16-31(42-21-24-9-5-3-6-10-24)35-32(29)43-22-25-11-7-4-8-12-25/h3-16,19-20,23H,17-18,21-22H2,1-2H3,(H,40,41)/t23-/m1/s1. The van der Waals surface area contributed by atoms with E-state index in [9.17, 15) is 14.7 Å². The highest BCUT2D eigenvalue weighted by molar-refractivity contribution is 5.84. The molecule has 43 heavy (non-hydrogen) atoms. The average molecular weight is 577 g/mol. The van der Waals surface area contributed by atoms with Gasteiger partial charge in [-0.05, 0) is 53.8 Å². The van der Waals surface area contributed by atoms with Crippen LogP contribution in [-0.4, -0.2) is 42.8 Å². The number of hydrogen-bond acceptors (Lipinski definition) is 5. The Labute approximate surface area is 248 Å². The molecule has 3 heterocycles. The smallest absolute Gasteiger partial charge is 0.407 e. The van der Waals surface area contributed by atoms with Crippen LogP contribution in [0.4, 0.5) is 4.79 Å². The van der Waals surface area contributed by atoms with Crippen molar-refractivity contribution in [2.75, 3.05) is 6.54 Å². The van der Waals surface area contributed by atoms with Crippen LogP contribution >= 0.6 is 0 Å². The summed E-state index contributed by atoms with van der Waals surface area (Å²) in [7, 11) is 1.74. The predicted molar refractivity (Wildman–Crippen MR) is 165 cm³/mol. The molecule has 1 amide bonds. The van der Waals surface area contributed by atoms with Gasteiger partial charge in [-0.1, -0.05) is 72.8 Å². The summed E-state index contributed by atoms with van der Waals surface area (Å²) >= 11 is 0. The minimum Gasteiger partial charge on any atom is -0.473 e. The number of aromatic nitrogens is 3. The Morgan fingerprint density at radius 3 is 2.23 bits per heavy atom. The van der Waals surface area contributed by atoms with E-state index in [0.29, 0.717) is 36.7 Å². The summed E-state index contributed by atoms with van der Waals surface area (Å²) in [5.41, 5.74) is 5.72. The molecule has 5 aromatic rings. The summed E-state index contributed by atoms with van der Waals surface area (Å²) < 4.78 is 15.4. The molecule has 2 aromatic heterocycles. The number of amides is 1. The molecule has 1 aliphatic rings. The number of ether oxygens (including phenoxy) is 2. The van der Waals surface area contributed by atoms with Crippen LogP contribution in [0.5, 0.6) is 11.8 Å². The first-order valence-corrected chi connectivity index (χ1v) is 14.2. The Morgan fingerprint density at radius 2 is 1.58 bits per heavy atom. The molecule has 3 aromatic carbocycles. The summed E-state index contributed by atoms with van der Waals surface area (Å²) in [6, 6.07) is 28.8. The van der Waals surface area contributed by atoms with Crippen LogP contribution in [-0.2, 0) is 20.3 Å². The van der Waals surface area contributed by atoms with Crippen LogP contribution in [0.25, 0.3) is 22.3 Å². The number of carbonyl (C=O) groups is 1. The van der Waals surface area contributed by atoms with Crippen molar-refractivity contribution in [2.24, 2.45) is 7.05 Å². The summed E-state index contributed by atoms with van der Waals surface area (Å²) in [4.78, 5) is 31.3. The Bertz CT molecular complexity index is 1860. The predicted octanol–water partition coefficient (Wildman–Crippen LogP) is 6.04. The maximum Gasteiger partial charge on any atom is 0.407 e. The lowest BCUT2D eigenvalue weighted by Gasteiger charge is -2.30. The van der Waals surface area contributed by atoms with E-state index in [1.807, 2.05) is 91.9 Å². The van der Waals surface area contributed by atoms with Gasteiger partial charge in [0.2, 0.25) is 11.8 Å². The van der Waals surface area contributed by atoms with Gasteiger partial charge in [0.05, 0.1) is 17.1 Å². The quantitative estimate of drug-likeness (QED) is 0.242. The van der Waals surface area contributed by atoms with Gasteiger partial charge in [0.25, 0.3) is 0 Å². The van der Waals surface area contributed by atoms with E-state index < -0.39 is 6.09 Å². The lowest BCUT2D eigenvalue weighted by Crippen LogP contribution is -2.39. The van der Waals surface area contributed by atoms with E-state index in [2.05, 4.69) is 4.98 Å². The van der Waals surface area contributed by atoms with Crippen molar-refractivity contribution < 1.29 is 19.4 Å². The highest BCUT2D eigenvalue weighted by atomic mass is 16.5. The number of pyridine rings is 1. The summed E-state index contributed by atoms with van der Waals surface area (Å²) in [6.45, 7) is 2.91. The second-order valence-corrected chi connectivity index (χ2v) is 10.6. The van der Waals surface area contributed by atoms with Crippen LogP contribution < -0.4 is 15.2 Å². The van der Waals surface area contributed by atoms with E-state index in [0.717, 1.165) is 27.8 Å². The van der Waals surface area contributed by atoms with Gasteiger partial charge in [0.15, 0.2) is 0 Å². The van der Waals surface area contributed by atoms with Crippen molar-refractivity contribution in [2.45, 2.75) is 32.6 Å². The van der Waals surface area contributed by atoms with Gasteiger partial charge in [-0.15, -0.1) is 0 Å². The second kappa shape index (κ2) is 11.9. The van der Waals surface area contributed by atoms with Gasteiger partial charge in [-0.3, -0.25) is 9.13 Å². The van der Waals surface area contributed by atoms with Crippen molar-refractivity contribution in [1.29, 1.82) is 0 Å². The third-order valence-electron chi connectivity index (χ3n) is 7.73. The highest BCUT2D eigenvalue weighted by Gasteiger charge is 2.24. The van der Waals surface area contributed by atoms with Crippen LogP contribution in [0.3, 0.4) is 0 Å². The summed E-state index contributed by atoms with van der Waals surface area (Å²) in [6.07, 6.45) is 1.65. The molecule has 0 spiro atoms. The van der Waals surface area contributed by atoms with E-state index >= 15 is 0 Å². The largest absolute Gasteiger partial charge is 0.473 e. The fourth-order valence-electron chi connectivity index (χ4n) is 5.42. The normalized spacial score (nSPS) is 14.9. The molecule has 9 nitrogen and oxygen atoms in total. The molecular formula is C34H32N4O5. The van der Waals surface area contributed by atoms with Crippen LogP contribution in [0.15, 0.2) is 102 Å². The van der Waals surface area contributed by atoms with E-state index in [1.54, 1.807) is 28.3 Å². The van der Waals surface area contributed by atoms with Crippen LogP contribution in [0.1, 0.15) is 30.0 Å². The summed E-state index contributed by atoms with van der Waals surface area (Å²) in [5, 5.41) is 9.44. The first-order chi connectivity index (χ1) is 20.9. The number of hydrogen-bond donors (Lipinski definition) is 1. The van der Waals surface area contributed by atoms with Gasteiger partial charge in [-0.25, -0.2) is 9.59 Å². The average Bonchev–Trinajstić information content (AvgIpc) is 3.28. The molecule has 0 saturated heterocycles.